The lowest BCUT2D eigenvalue weighted by atomic mass is 10.2. The van der Waals surface area contributed by atoms with Crippen LogP contribution in [0.3, 0.4) is 0 Å². The first-order valence-corrected chi connectivity index (χ1v) is 9.81. The molecule has 0 fully saturated rings. The van der Waals surface area contributed by atoms with Crippen molar-refractivity contribution in [2.75, 3.05) is 18.1 Å². The summed E-state index contributed by atoms with van der Waals surface area (Å²) < 4.78 is 32.6. The summed E-state index contributed by atoms with van der Waals surface area (Å²) in [5.74, 6) is 2.13. The molecule has 0 aliphatic rings. The number of hydrogen-bond donors (Lipinski definition) is 1. The van der Waals surface area contributed by atoms with Gasteiger partial charge in [-0.2, -0.15) is 0 Å². The Kier molecular flexibility index (Phi) is 6.03. The number of thioether (sulfide) groups is 1. The van der Waals surface area contributed by atoms with E-state index in [0.29, 0.717) is 24.7 Å². The van der Waals surface area contributed by atoms with Gasteiger partial charge in [0.2, 0.25) is 10.0 Å². The Balaban J connectivity index is 2.09. The molecule has 2 heterocycles. The Morgan fingerprint density at radius 2 is 2.26 bits per heavy atom. The van der Waals surface area contributed by atoms with Crippen molar-refractivity contribution in [3.63, 3.8) is 0 Å². The molecular formula is C14H20N4O3S2. The van der Waals surface area contributed by atoms with Gasteiger partial charge in [0.25, 0.3) is 0 Å². The number of nitrogens with zero attached hydrogens (tertiary/aromatic N) is 3. The summed E-state index contributed by atoms with van der Waals surface area (Å²) in [6.07, 6.45) is 3.38. The van der Waals surface area contributed by atoms with Crippen LogP contribution in [-0.4, -0.2) is 41.2 Å². The van der Waals surface area contributed by atoms with Gasteiger partial charge in [0.05, 0.1) is 17.6 Å². The summed E-state index contributed by atoms with van der Waals surface area (Å²) in [6, 6.07) is 1.85. The van der Waals surface area contributed by atoms with Gasteiger partial charge in [-0.25, -0.2) is 13.1 Å². The zero-order valence-corrected chi connectivity index (χ0v) is 14.8. The van der Waals surface area contributed by atoms with Gasteiger partial charge in [0, 0.05) is 18.8 Å². The predicted octanol–water partition coefficient (Wildman–Crippen LogP) is 2.06. The molecule has 0 spiro atoms. The van der Waals surface area contributed by atoms with Crippen LogP contribution in [-0.2, 0) is 16.6 Å². The highest BCUT2D eigenvalue weighted by Gasteiger charge is 2.16. The summed E-state index contributed by atoms with van der Waals surface area (Å²) in [5, 5.41) is 9.14. The molecule has 0 saturated heterocycles. The van der Waals surface area contributed by atoms with E-state index in [1.165, 1.54) is 11.8 Å². The number of allylic oxidation sites excluding steroid dienone is 1. The molecule has 7 nitrogen and oxygen atoms in total. The lowest BCUT2D eigenvalue weighted by Gasteiger charge is -2.07. The molecule has 23 heavy (non-hydrogen) atoms. The second-order valence-electron chi connectivity index (χ2n) is 4.74. The molecule has 0 bridgehead atoms. The van der Waals surface area contributed by atoms with Crippen LogP contribution in [0.15, 0.2) is 34.6 Å². The van der Waals surface area contributed by atoms with Crippen LogP contribution in [0.1, 0.15) is 12.7 Å². The van der Waals surface area contributed by atoms with E-state index in [1.807, 2.05) is 17.6 Å². The normalized spacial score (nSPS) is 11.7. The van der Waals surface area contributed by atoms with Gasteiger partial charge < -0.3 is 4.42 Å². The Labute approximate surface area is 140 Å². The van der Waals surface area contributed by atoms with Crippen molar-refractivity contribution in [2.45, 2.75) is 25.5 Å². The fourth-order valence-electron chi connectivity index (χ4n) is 1.95. The second kappa shape index (κ2) is 7.80. The molecule has 2 aromatic heterocycles. The maximum absolute atomic E-state index is 11.4. The zero-order valence-electron chi connectivity index (χ0n) is 13.2. The molecule has 2 rings (SSSR count). The van der Waals surface area contributed by atoms with Crippen molar-refractivity contribution in [2.24, 2.45) is 0 Å². The van der Waals surface area contributed by atoms with E-state index in [4.69, 9.17) is 4.42 Å². The van der Waals surface area contributed by atoms with Crippen LogP contribution in [0, 0.1) is 6.92 Å². The number of hydrogen-bond acceptors (Lipinski definition) is 6. The molecule has 0 aliphatic heterocycles. The van der Waals surface area contributed by atoms with Crippen molar-refractivity contribution in [3.05, 3.63) is 30.7 Å². The minimum absolute atomic E-state index is 0.0776. The van der Waals surface area contributed by atoms with Gasteiger partial charge in [-0.3, -0.25) is 4.57 Å². The molecule has 1 N–H and O–H groups in total. The molecular weight excluding hydrogens is 336 g/mol. The largest absolute Gasteiger partial charge is 0.469 e. The predicted molar refractivity (Wildman–Crippen MR) is 90.8 cm³/mol. The van der Waals surface area contributed by atoms with E-state index in [1.54, 1.807) is 19.3 Å². The quantitative estimate of drug-likeness (QED) is 0.420. The number of aromatic nitrogens is 3. The zero-order chi connectivity index (χ0) is 16.9. The molecule has 0 atom stereocenters. The molecule has 0 radical (unpaired) electrons. The van der Waals surface area contributed by atoms with E-state index >= 15 is 0 Å². The molecule has 0 amide bonds. The van der Waals surface area contributed by atoms with Crippen molar-refractivity contribution in [1.82, 2.24) is 19.5 Å². The van der Waals surface area contributed by atoms with Gasteiger partial charge in [-0.05, 0) is 19.9 Å². The summed E-state index contributed by atoms with van der Waals surface area (Å²) >= 11 is 1.45. The first-order valence-electron chi connectivity index (χ1n) is 7.17. The van der Waals surface area contributed by atoms with Crippen molar-refractivity contribution in [3.8, 4) is 11.4 Å². The topological polar surface area (TPSA) is 90.0 Å². The Morgan fingerprint density at radius 3 is 2.87 bits per heavy atom. The molecule has 126 valence electrons. The Bertz CT molecular complexity index is 765. The van der Waals surface area contributed by atoms with E-state index < -0.39 is 10.0 Å². The smallest absolute Gasteiger partial charge is 0.211 e. The van der Waals surface area contributed by atoms with Gasteiger partial charge >= 0.3 is 0 Å². The summed E-state index contributed by atoms with van der Waals surface area (Å²) in [7, 11) is -3.16. The number of nitrogens with one attached hydrogen (secondary N) is 1. The summed E-state index contributed by atoms with van der Waals surface area (Å²) in [6.45, 7) is 8.15. The highest BCUT2D eigenvalue weighted by Crippen LogP contribution is 2.26. The first-order chi connectivity index (χ1) is 11.0. The molecule has 0 aromatic carbocycles. The SMILES string of the molecule is C=CCn1c(SCCNS(=O)(=O)CC)nnc1-c1ccoc1C. The van der Waals surface area contributed by atoms with Crippen molar-refractivity contribution < 1.29 is 12.8 Å². The van der Waals surface area contributed by atoms with E-state index in [2.05, 4.69) is 21.5 Å². The third kappa shape index (κ3) is 4.46. The first kappa shape index (κ1) is 17.8. The highest BCUT2D eigenvalue weighted by atomic mass is 32.2. The van der Waals surface area contributed by atoms with Crippen LogP contribution in [0.5, 0.6) is 0 Å². The van der Waals surface area contributed by atoms with Gasteiger partial charge in [0.1, 0.15) is 5.76 Å². The fraction of sp³-hybridized carbons (Fsp3) is 0.429. The van der Waals surface area contributed by atoms with Gasteiger partial charge in [-0.1, -0.05) is 17.8 Å². The molecule has 0 aliphatic carbocycles. The third-order valence-electron chi connectivity index (χ3n) is 3.16. The number of rotatable bonds is 9. The lowest BCUT2D eigenvalue weighted by Crippen LogP contribution is -2.27. The average molecular weight is 356 g/mol. The summed E-state index contributed by atoms with van der Waals surface area (Å²) in [4.78, 5) is 0. The lowest BCUT2D eigenvalue weighted by molar-refractivity contribution is 0.534. The maximum Gasteiger partial charge on any atom is 0.211 e. The van der Waals surface area contributed by atoms with E-state index in [-0.39, 0.29) is 5.75 Å². The minimum Gasteiger partial charge on any atom is -0.469 e. The number of aryl methyl sites for hydroxylation is 1. The summed E-state index contributed by atoms with van der Waals surface area (Å²) in [5.41, 5.74) is 0.887. The monoisotopic (exact) mass is 356 g/mol. The Morgan fingerprint density at radius 1 is 1.48 bits per heavy atom. The van der Waals surface area contributed by atoms with Crippen LogP contribution >= 0.6 is 11.8 Å². The fourth-order valence-corrected chi connectivity index (χ4v) is 3.50. The van der Waals surface area contributed by atoms with Crippen LogP contribution in [0.2, 0.25) is 0 Å². The van der Waals surface area contributed by atoms with Crippen LogP contribution in [0.4, 0.5) is 0 Å². The highest BCUT2D eigenvalue weighted by molar-refractivity contribution is 7.99. The van der Waals surface area contributed by atoms with Crippen molar-refractivity contribution >= 4 is 21.8 Å². The van der Waals surface area contributed by atoms with Crippen LogP contribution < -0.4 is 4.72 Å². The second-order valence-corrected chi connectivity index (χ2v) is 7.90. The molecule has 9 heteroatoms. The van der Waals surface area contributed by atoms with Gasteiger partial charge in [0.15, 0.2) is 11.0 Å². The average Bonchev–Trinajstić information content (AvgIpc) is 3.10. The standard InChI is InChI=1S/C14H20N4O3S2/c1-4-8-18-13(12-6-9-21-11(12)3)16-17-14(18)22-10-7-15-23(19,20)5-2/h4,6,9,15H,1,5,7-8,10H2,2-3H3. The number of furan rings is 1. The van der Waals surface area contributed by atoms with Crippen LogP contribution in [0.25, 0.3) is 11.4 Å². The third-order valence-corrected chi connectivity index (χ3v) is 5.54. The molecule has 0 unspecified atom stereocenters. The Hall–Kier alpha value is -1.58. The number of sulfonamides is 1. The molecule has 2 aromatic rings. The molecule has 0 saturated carbocycles. The van der Waals surface area contributed by atoms with Crippen molar-refractivity contribution in [1.29, 1.82) is 0 Å². The van der Waals surface area contributed by atoms with Gasteiger partial charge in [-0.15, -0.1) is 16.8 Å². The minimum atomic E-state index is -3.16. The van der Waals surface area contributed by atoms with E-state index in [9.17, 15) is 8.42 Å². The van der Waals surface area contributed by atoms with E-state index in [0.717, 1.165) is 16.5 Å². The maximum atomic E-state index is 11.4.